The lowest BCUT2D eigenvalue weighted by molar-refractivity contribution is 0.0946. The number of carbonyl (C=O) groups excluding carboxylic acids is 1. The zero-order chi connectivity index (χ0) is 9.59. The predicted octanol–water partition coefficient (Wildman–Crippen LogP) is 2.34. The van der Waals surface area contributed by atoms with E-state index < -0.39 is 11.6 Å². The Morgan fingerprint density at radius 3 is 2.77 bits per heavy atom. The Labute approximate surface area is 74.4 Å². The molecule has 0 aromatic heterocycles. The van der Waals surface area contributed by atoms with E-state index in [0.29, 0.717) is 12.0 Å². The van der Waals surface area contributed by atoms with Crippen LogP contribution in [0.4, 0.5) is 8.78 Å². The van der Waals surface area contributed by atoms with E-state index in [0.717, 1.165) is 12.1 Å². The molecule has 0 bridgehead atoms. The first-order chi connectivity index (χ1) is 6.09. The number of ketones is 1. The fraction of sp³-hybridized carbons (Fsp3) is 0.300. The third kappa shape index (κ3) is 1.15. The van der Waals surface area contributed by atoms with Crippen molar-refractivity contribution >= 4 is 5.78 Å². The number of hydrogen-bond acceptors (Lipinski definition) is 1. The van der Waals surface area contributed by atoms with Crippen LogP contribution in [0.1, 0.15) is 22.8 Å². The molecule has 0 amide bonds. The van der Waals surface area contributed by atoms with Gasteiger partial charge in [0, 0.05) is 17.5 Å². The average molecular weight is 182 g/mol. The van der Waals surface area contributed by atoms with Gasteiger partial charge >= 0.3 is 0 Å². The Bertz CT molecular complexity index is 385. The van der Waals surface area contributed by atoms with Crippen LogP contribution in [0.5, 0.6) is 0 Å². The first-order valence-electron chi connectivity index (χ1n) is 4.11. The number of Topliss-reactive ketones (excluding diaryl/α,β-unsaturated/α-hetero) is 1. The maximum absolute atomic E-state index is 13.1. The minimum atomic E-state index is -0.682. The summed E-state index contributed by atoms with van der Waals surface area (Å²) in [4.78, 5) is 11.4. The van der Waals surface area contributed by atoms with Crippen molar-refractivity contribution in [3.63, 3.8) is 0 Å². The smallest absolute Gasteiger partial charge is 0.166 e. The van der Waals surface area contributed by atoms with E-state index in [1.807, 2.05) is 0 Å². The molecule has 0 unspecified atom stereocenters. The molecular formula is C10H8F2O. The Balaban J connectivity index is 2.64. The quantitative estimate of drug-likeness (QED) is 0.601. The van der Waals surface area contributed by atoms with Crippen LogP contribution in [0.3, 0.4) is 0 Å². The number of hydrogen-bond donors (Lipinski definition) is 0. The Kier molecular flexibility index (Phi) is 1.68. The molecule has 13 heavy (non-hydrogen) atoms. The number of halogens is 2. The molecule has 0 heterocycles. The van der Waals surface area contributed by atoms with Gasteiger partial charge < -0.3 is 0 Å². The summed E-state index contributed by atoms with van der Waals surface area (Å²) in [5.41, 5.74) is 0.573. The summed E-state index contributed by atoms with van der Waals surface area (Å²) in [6.45, 7) is 1.72. The highest BCUT2D eigenvalue weighted by Gasteiger charge is 2.29. The van der Waals surface area contributed by atoms with Gasteiger partial charge in [0.1, 0.15) is 11.6 Å². The van der Waals surface area contributed by atoms with Gasteiger partial charge in [0.15, 0.2) is 5.78 Å². The molecule has 1 atom stereocenters. The van der Waals surface area contributed by atoms with E-state index in [4.69, 9.17) is 0 Å². The summed E-state index contributed by atoms with van der Waals surface area (Å²) in [6.07, 6.45) is 0.389. The Morgan fingerprint density at radius 2 is 2.08 bits per heavy atom. The SMILES string of the molecule is C[C@H]1Cc2c(F)cc(F)cc2C1=O. The highest BCUT2D eigenvalue weighted by atomic mass is 19.1. The summed E-state index contributed by atoms with van der Waals surface area (Å²) >= 11 is 0. The van der Waals surface area contributed by atoms with Gasteiger partial charge in [-0.05, 0) is 18.1 Å². The molecule has 0 N–H and O–H groups in total. The zero-order valence-corrected chi connectivity index (χ0v) is 7.10. The second-order valence-electron chi connectivity index (χ2n) is 3.38. The molecule has 0 fully saturated rings. The number of fused-ring (bicyclic) bond motifs is 1. The maximum atomic E-state index is 13.1. The summed E-state index contributed by atoms with van der Waals surface area (Å²) in [5.74, 6) is -1.66. The van der Waals surface area contributed by atoms with E-state index in [2.05, 4.69) is 0 Å². The first-order valence-corrected chi connectivity index (χ1v) is 4.11. The van der Waals surface area contributed by atoms with Crippen LogP contribution >= 0.6 is 0 Å². The largest absolute Gasteiger partial charge is 0.294 e. The first kappa shape index (κ1) is 8.35. The van der Waals surface area contributed by atoms with Crippen molar-refractivity contribution in [3.05, 3.63) is 34.9 Å². The molecule has 3 heteroatoms. The highest BCUT2D eigenvalue weighted by molar-refractivity contribution is 6.02. The van der Waals surface area contributed by atoms with Gasteiger partial charge in [0.2, 0.25) is 0 Å². The van der Waals surface area contributed by atoms with Gasteiger partial charge in [0.25, 0.3) is 0 Å². The van der Waals surface area contributed by atoms with Gasteiger partial charge in [0.05, 0.1) is 0 Å². The van der Waals surface area contributed by atoms with Crippen LogP contribution in [0.2, 0.25) is 0 Å². The lowest BCUT2D eigenvalue weighted by Gasteiger charge is -1.98. The molecule has 2 rings (SSSR count). The van der Waals surface area contributed by atoms with Crippen molar-refractivity contribution in [2.75, 3.05) is 0 Å². The van der Waals surface area contributed by atoms with Crippen LogP contribution in [-0.4, -0.2) is 5.78 Å². The molecule has 68 valence electrons. The molecule has 1 aromatic rings. The molecule has 0 radical (unpaired) electrons. The standard InChI is InChI=1S/C10H8F2O/c1-5-2-7-8(10(5)13)3-6(11)4-9(7)12/h3-5H,2H2,1H3/t5-/m0/s1. The molecule has 0 saturated heterocycles. The molecule has 0 spiro atoms. The van der Waals surface area contributed by atoms with Crippen molar-refractivity contribution in [2.45, 2.75) is 13.3 Å². The highest BCUT2D eigenvalue weighted by Crippen LogP contribution is 2.29. The second-order valence-corrected chi connectivity index (χ2v) is 3.38. The van der Waals surface area contributed by atoms with Crippen LogP contribution in [0.25, 0.3) is 0 Å². The summed E-state index contributed by atoms with van der Waals surface area (Å²) in [5, 5.41) is 0. The van der Waals surface area contributed by atoms with Crippen LogP contribution in [-0.2, 0) is 6.42 Å². The third-order valence-electron chi connectivity index (χ3n) is 2.38. The summed E-state index contributed by atoms with van der Waals surface area (Å²) in [6, 6.07) is 1.94. The topological polar surface area (TPSA) is 17.1 Å². The lowest BCUT2D eigenvalue weighted by Crippen LogP contribution is -2.03. The van der Waals surface area contributed by atoms with Crippen LogP contribution < -0.4 is 0 Å². The number of benzene rings is 1. The van der Waals surface area contributed by atoms with Crippen molar-refractivity contribution < 1.29 is 13.6 Å². The van der Waals surface area contributed by atoms with Crippen molar-refractivity contribution in [1.82, 2.24) is 0 Å². The lowest BCUT2D eigenvalue weighted by atomic mass is 10.1. The van der Waals surface area contributed by atoms with E-state index in [9.17, 15) is 13.6 Å². The molecule has 1 aliphatic rings. The number of rotatable bonds is 0. The molecular weight excluding hydrogens is 174 g/mol. The number of carbonyl (C=O) groups is 1. The van der Waals surface area contributed by atoms with Gasteiger partial charge in [-0.3, -0.25) is 4.79 Å². The van der Waals surface area contributed by atoms with Gasteiger partial charge in [-0.2, -0.15) is 0 Å². The van der Waals surface area contributed by atoms with Crippen molar-refractivity contribution in [2.24, 2.45) is 5.92 Å². The van der Waals surface area contributed by atoms with Crippen molar-refractivity contribution in [3.8, 4) is 0 Å². The molecule has 0 saturated carbocycles. The summed E-state index contributed by atoms with van der Waals surface area (Å²) < 4.78 is 25.8. The monoisotopic (exact) mass is 182 g/mol. The minimum Gasteiger partial charge on any atom is -0.294 e. The Hall–Kier alpha value is -1.25. The van der Waals surface area contributed by atoms with Crippen LogP contribution in [0, 0.1) is 17.6 Å². The van der Waals surface area contributed by atoms with Gasteiger partial charge in [-0.15, -0.1) is 0 Å². The fourth-order valence-electron chi connectivity index (χ4n) is 1.70. The Morgan fingerprint density at radius 1 is 1.38 bits per heavy atom. The van der Waals surface area contributed by atoms with Crippen LogP contribution in [0.15, 0.2) is 12.1 Å². The second kappa shape index (κ2) is 2.62. The van der Waals surface area contributed by atoms with Crippen molar-refractivity contribution in [1.29, 1.82) is 0 Å². The molecule has 1 aromatic carbocycles. The predicted molar refractivity (Wildman–Crippen MR) is 43.6 cm³/mol. The van der Waals surface area contributed by atoms with E-state index in [1.165, 1.54) is 0 Å². The fourth-order valence-corrected chi connectivity index (χ4v) is 1.70. The molecule has 1 aliphatic carbocycles. The van der Waals surface area contributed by atoms with E-state index >= 15 is 0 Å². The summed E-state index contributed by atoms with van der Waals surface area (Å²) in [7, 11) is 0. The minimum absolute atomic E-state index is 0.159. The van der Waals surface area contributed by atoms with E-state index in [1.54, 1.807) is 6.92 Å². The maximum Gasteiger partial charge on any atom is 0.166 e. The average Bonchev–Trinajstić information content (AvgIpc) is 2.32. The molecule has 1 nitrogen and oxygen atoms in total. The van der Waals surface area contributed by atoms with E-state index in [-0.39, 0.29) is 17.3 Å². The normalized spacial score (nSPS) is 20.5. The third-order valence-corrected chi connectivity index (χ3v) is 2.38. The molecule has 0 aliphatic heterocycles. The zero-order valence-electron chi connectivity index (χ0n) is 7.10. The van der Waals surface area contributed by atoms with Gasteiger partial charge in [-0.25, -0.2) is 8.78 Å². The van der Waals surface area contributed by atoms with Gasteiger partial charge in [-0.1, -0.05) is 6.92 Å².